The Morgan fingerprint density at radius 3 is 2.27 bits per heavy atom. The highest BCUT2D eigenvalue weighted by molar-refractivity contribution is 7.80. The maximum absolute atomic E-state index is 14.6. The fourth-order valence-electron chi connectivity index (χ4n) is 10.2. The van der Waals surface area contributed by atoms with Crippen LogP contribution in [-0.4, -0.2) is 138 Å². The van der Waals surface area contributed by atoms with Crippen molar-refractivity contribution in [1.29, 1.82) is 0 Å². The third kappa shape index (κ3) is 12.5. The van der Waals surface area contributed by atoms with E-state index in [2.05, 4.69) is 42.0 Å². The Labute approximate surface area is 364 Å². The number of amides is 4. The number of likely N-dealkylation sites (N-methyl/N-ethyl adjacent to an activating group) is 1. The molecule has 13 nitrogen and oxygen atoms in total. The Morgan fingerprint density at radius 2 is 1.65 bits per heavy atom. The lowest BCUT2D eigenvalue weighted by molar-refractivity contribution is -0.148. The smallest absolute Gasteiger partial charge is 0.326 e. The number of carbonyl (C=O) groups excluding carboxylic acids is 4. The van der Waals surface area contributed by atoms with Gasteiger partial charge in [-0.1, -0.05) is 84.2 Å². The second-order valence-corrected chi connectivity index (χ2v) is 18.4. The molecule has 60 heavy (non-hydrogen) atoms. The highest BCUT2D eigenvalue weighted by Crippen LogP contribution is 2.43. The summed E-state index contributed by atoms with van der Waals surface area (Å²) < 4.78 is 12.0. The lowest BCUT2D eigenvalue weighted by Gasteiger charge is -2.41. The van der Waals surface area contributed by atoms with Gasteiger partial charge in [0.1, 0.15) is 12.1 Å². The minimum Gasteiger partial charge on any atom is -0.480 e. The Balaban J connectivity index is 1.45. The van der Waals surface area contributed by atoms with Crippen molar-refractivity contribution in [3.63, 3.8) is 0 Å². The van der Waals surface area contributed by atoms with Gasteiger partial charge in [0, 0.05) is 40.3 Å². The molecule has 2 saturated heterocycles. The fourth-order valence-corrected chi connectivity index (χ4v) is 10.4. The number of nitrogens with zero attached hydrogens (tertiary/aromatic N) is 3. The van der Waals surface area contributed by atoms with Crippen LogP contribution in [0.5, 0.6) is 0 Å². The molecule has 3 N–H and O–H groups in total. The number of ether oxygens (including phenoxy) is 2. The molecular formula is C46H75N5O8S. The topological polar surface area (TPSA) is 158 Å². The van der Waals surface area contributed by atoms with Gasteiger partial charge in [0.25, 0.3) is 0 Å². The molecule has 1 aromatic carbocycles. The molecule has 11 atom stereocenters. The highest BCUT2D eigenvalue weighted by Gasteiger charge is 2.50. The van der Waals surface area contributed by atoms with Crippen LogP contribution in [0.2, 0.25) is 0 Å². The van der Waals surface area contributed by atoms with E-state index in [0.29, 0.717) is 31.3 Å². The van der Waals surface area contributed by atoms with Crippen LogP contribution in [0.15, 0.2) is 30.3 Å². The van der Waals surface area contributed by atoms with Crippen LogP contribution in [-0.2, 0) is 39.9 Å². The minimum absolute atomic E-state index is 0.00159. The van der Waals surface area contributed by atoms with Gasteiger partial charge in [0.15, 0.2) is 0 Å². The van der Waals surface area contributed by atoms with E-state index in [1.54, 1.807) is 30.9 Å². The number of carboxylic acid groups (broad SMARTS) is 1. The van der Waals surface area contributed by atoms with Gasteiger partial charge in [-0.2, -0.15) is 12.6 Å². The van der Waals surface area contributed by atoms with Crippen molar-refractivity contribution in [2.75, 3.05) is 40.1 Å². The molecular weight excluding hydrogens is 783 g/mol. The molecule has 1 aromatic rings. The van der Waals surface area contributed by atoms with E-state index in [9.17, 15) is 29.1 Å². The highest BCUT2D eigenvalue weighted by atomic mass is 32.1. The van der Waals surface area contributed by atoms with Crippen LogP contribution >= 0.6 is 12.6 Å². The summed E-state index contributed by atoms with van der Waals surface area (Å²) in [5, 5.41) is 15.8. The second kappa shape index (κ2) is 23.9. The normalized spacial score (nSPS) is 23.7. The fraction of sp³-hybridized carbons (Fsp3) is 0.761. The van der Waals surface area contributed by atoms with Crippen molar-refractivity contribution in [3.05, 3.63) is 35.9 Å². The average molecular weight is 858 g/mol. The van der Waals surface area contributed by atoms with Crippen molar-refractivity contribution >= 4 is 42.2 Å². The molecule has 0 spiro atoms. The number of carboxylic acids is 1. The Hall–Kier alpha value is -3.20. The van der Waals surface area contributed by atoms with E-state index in [1.165, 1.54) is 7.11 Å². The number of methoxy groups -OCH3 is 2. The van der Waals surface area contributed by atoms with E-state index in [4.69, 9.17) is 9.47 Å². The van der Waals surface area contributed by atoms with Gasteiger partial charge < -0.3 is 35.0 Å². The SMILES string of the molecule is CC[C@H](C)[C@@H]([C@@H](CC(=O)N1CCC[C@H]1[C@H](OC)[C@@H](C)C(=O)N[C@@H](Cc1ccccc1)C(=O)O)OC)N(C)C(=O)[C@@H](NC(=O)C1[C@H]2CC[C@@H](C2)N1CCCCCCS)C(C)C. The first-order valence-electron chi connectivity index (χ1n) is 22.5. The number of unbranched alkanes of at least 4 members (excludes halogenated alkanes) is 3. The van der Waals surface area contributed by atoms with Gasteiger partial charge in [-0.3, -0.25) is 24.1 Å². The van der Waals surface area contributed by atoms with Gasteiger partial charge >= 0.3 is 5.97 Å². The Kier molecular flexibility index (Phi) is 19.7. The monoisotopic (exact) mass is 858 g/mol. The van der Waals surface area contributed by atoms with Gasteiger partial charge in [-0.15, -0.1) is 0 Å². The summed E-state index contributed by atoms with van der Waals surface area (Å²) in [5.74, 6) is -1.80. The Morgan fingerprint density at radius 1 is 0.950 bits per heavy atom. The maximum atomic E-state index is 14.6. The Bertz CT molecular complexity index is 1550. The van der Waals surface area contributed by atoms with Crippen LogP contribution in [0.25, 0.3) is 0 Å². The van der Waals surface area contributed by atoms with Crippen LogP contribution in [0.1, 0.15) is 111 Å². The van der Waals surface area contributed by atoms with E-state index >= 15 is 0 Å². The molecule has 0 aromatic heterocycles. The lowest BCUT2D eigenvalue weighted by atomic mass is 9.89. The van der Waals surface area contributed by atoms with Crippen LogP contribution in [0, 0.1) is 23.7 Å². The predicted octanol–water partition coefficient (Wildman–Crippen LogP) is 5.20. The van der Waals surface area contributed by atoms with Crippen molar-refractivity contribution in [2.45, 2.75) is 160 Å². The predicted molar refractivity (Wildman–Crippen MR) is 237 cm³/mol. The van der Waals surface area contributed by atoms with Gasteiger partial charge in [0.05, 0.1) is 42.7 Å². The molecule has 0 radical (unpaired) electrons. The largest absolute Gasteiger partial charge is 0.480 e. The second-order valence-electron chi connectivity index (χ2n) is 18.0. The number of piperidine rings is 1. The summed E-state index contributed by atoms with van der Waals surface area (Å²) in [5.41, 5.74) is 0.790. The zero-order valence-corrected chi connectivity index (χ0v) is 38.4. The lowest BCUT2D eigenvalue weighted by Crippen LogP contribution is -2.60. The summed E-state index contributed by atoms with van der Waals surface area (Å²) in [6.45, 7) is 11.1. The van der Waals surface area contributed by atoms with Gasteiger partial charge in [-0.25, -0.2) is 4.79 Å². The zero-order valence-electron chi connectivity index (χ0n) is 37.5. The van der Waals surface area contributed by atoms with Gasteiger partial charge in [-0.05, 0) is 80.6 Å². The quantitative estimate of drug-likeness (QED) is 0.0767. The molecule has 1 unspecified atom stereocenters. The number of nitrogens with one attached hydrogen (secondary N) is 2. The molecule has 14 heteroatoms. The van der Waals surface area contributed by atoms with Crippen LogP contribution in [0.4, 0.5) is 0 Å². The number of likely N-dealkylation sites (tertiary alicyclic amines) is 2. The number of benzene rings is 1. The first kappa shape index (κ1) is 49.5. The van der Waals surface area contributed by atoms with Crippen molar-refractivity contribution in [2.24, 2.45) is 23.7 Å². The molecule has 338 valence electrons. The van der Waals surface area contributed by atoms with E-state index in [1.807, 2.05) is 44.2 Å². The zero-order chi connectivity index (χ0) is 44.1. The van der Waals surface area contributed by atoms with Crippen LogP contribution < -0.4 is 10.6 Å². The number of thiol groups is 1. The number of rotatable bonds is 25. The number of hydrogen-bond donors (Lipinski definition) is 4. The molecule has 3 aliphatic rings. The molecule has 4 amide bonds. The number of aliphatic carboxylic acids is 1. The number of fused-ring (bicyclic) bond motifs is 2. The average Bonchev–Trinajstić information content (AvgIpc) is 4.00. The summed E-state index contributed by atoms with van der Waals surface area (Å²) in [7, 11) is 4.83. The summed E-state index contributed by atoms with van der Waals surface area (Å²) >= 11 is 4.34. The van der Waals surface area contributed by atoms with E-state index in [-0.39, 0.29) is 48.4 Å². The first-order chi connectivity index (χ1) is 28.7. The summed E-state index contributed by atoms with van der Waals surface area (Å²) in [6.07, 6.45) is 8.46. The van der Waals surface area contributed by atoms with Crippen LogP contribution in [0.3, 0.4) is 0 Å². The maximum Gasteiger partial charge on any atom is 0.326 e. The minimum atomic E-state index is -1.13. The third-order valence-electron chi connectivity index (χ3n) is 13.7. The van der Waals surface area contributed by atoms with Crippen molar-refractivity contribution in [3.8, 4) is 0 Å². The first-order valence-corrected chi connectivity index (χ1v) is 23.2. The van der Waals surface area contributed by atoms with Crippen molar-refractivity contribution < 1.29 is 38.6 Å². The van der Waals surface area contributed by atoms with Crippen molar-refractivity contribution in [1.82, 2.24) is 25.3 Å². The molecule has 2 bridgehead atoms. The standard InChI is InChI=1S/C46H75N5O8S/c1-9-30(4)40(49(6)45(55)39(29(2)3)48-44(54)41-33-21-22-34(27-33)50(41)23-15-10-11-16-25-60)37(58-7)28-38(52)51-24-17-20-36(51)42(59-8)31(5)43(53)47-35(46(56)57)26-32-18-13-12-14-19-32/h12-14,18-19,29-31,33-37,39-42,60H,9-11,15-17,20-28H2,1-8H3,(H,47,53)(H,48,54)(H,56,57)/t30-,31+,33-,34-,35-,36-,37+,39-,40-,41?,42+/m0/s1. The molecule has 2 heterocycles. The summed E-state index contributed by atoms with van der Waals surface area (Å²) in [6, 6.07) is 6.58. The molecule has 3 fully saturated rings. The number of hydrogen-bond acceptors (Lipinski definition) is 9. The van der Waals surface area contributed by atoms with E-state index in [0.717, 1.165) is 69.2 Å². The molecule has 1 saturated carbocycles. The molecule has 2 aliphatic heterocycles. The summed E-state index contributed by atoms with van der Waals surface area (Å²) in [4.78, 5) is 74.6. The number of carbonyl (C=O) groups is 5. The molecule has 1 aliphatic carbocycles. The third-order valence-corrected chi connectivity index (χ3v) is 14.0. The molecule has 4 rings (SSSR count). The van der Waals surface area contributed by atoms with Gasteiger partial charge in [0.2, 0.25) is 23.6 Å². The van der Waals surface area contributed by atoms with E-state index < -0.39 is 54.2 Å².